The summed E-state index contributed by atoms with van der Waals surface area (Å²) in [5.41, 5.74) is 0. The van der Waals surface area contributed by atoms with E-state index in [-0.39, 0.29) is 19.6 Å². The van der Waals surface area contributed by atoms with E-state index in [4.69, 9.17) is 25.4 Å². The Kier molecular flexibility index (Phi) is 9.76. The molecule has 10 atom stereocenters. The van der Waals surface area contributed by atoms with Crippen molar-refractivity contribution in [2.75, 3.05) is 26.7 Å². The molecule has 176 valence electrons. The fraction of sp³-hybridized carbons (Fsp3) is 0.789. The van der Waals surface area contributed by atoms with Crippen LogP contribution in [0.4, 0.5) is 0 Å². The lowest BCUT2D eigenvalue weighted by Crippen LogP contribution is -2.68. The second kappa shape index (κ2) is 11.8. The molecule has 2 rings (SSSR count). The number of terminal acetylenes is 1. The number of aldehydes is 1. The van der Waals surface area contributed by atoms with Crippen molar-refractivity contribution in [3.63, 3.8) is 0 Å². The molecule has 0 aromatic heterocycles. The predicted molar refractivity (Wildman–Crippen MR) is 101 cm³/mol. The highest BCUT2D eigenvalue weighted by Crippen LogP contribution is 2.31. The average molecular weight is 445 g/mol. The van der Waals surface area contributed by atoms with Crippen molar-refractivity contribution >= 4 is 12.3 Å². The zero-order chi connectivity index (χ0) is 23.1. The molecule has 5 N–H and O–H groups in total. The first kappa shape index (κ1) is 25.6. The number of aliphatic hydroxyl groups is 3. The van der Waals surface area contributed by atoms with E-state index in [1.807, 2.05) is 0 Å². The van der Waals surface area contributed by atoms with Crippen LogP contribution in [0.25, 0.3) is 0 Å². The minimum absolute atomic E-state index is 0.126. The van der Waals surface area contributed by atoms with Crippen LogP contribution < -0.4 is 15.7 Å². The largest absolute Gasteiger partial charge is 0.547 e. The van der Waals surface area contributed by atoms with Gasteiger partial charge >= 0.3 is 0 Å². The average Bonchev–Trinajstić information content (AvgIpc) is 2.75. The molecule has 0 aromatic carbocycles. The second-order valence-corrected chi connectivity index (χ2v) is 7.39. The predicted octanol–water partition coefficient (Wildman–Crippen LogP) is -4.68. The number of ether oxygens (including phenoxy) is 4. The molecule has 0 bridgehead atoms. The Morgan fingerprint density at radius 1 is 1.23 bits per heavy atom. The lowest BCUT2D eigenvalue weighted by atomic mass is 9.90. The van der Waals surface area contributed by atoms with Crippen LogP contribution in [0.3, 0.4) is 0 Å². The molecule has 0 amide bonds. The highest BCUT2D eigenvalue weighted by molar-refractivity contribution is 5.70. The fourth-order valence-electron chi connectivity index (χ4n) is 3.67. The maximum Gasteiger partial charge on any atom is 0.187 e. The van der Waals surface area contributed by atoms with E-state index < -0.39 is 67.1 Å². The summed E-state index contributed by atoms with van der Waals surface area (Å²) in [6.45, 7) is 1.59. The number of carboxylic acids is 1. The number of carbonyl (C=O) groups excluding carboxylic acids is 2. The maximum atomic E-state index is 11.4. The number of hydrogen-bond acceptors (Lipinski definition) is 12. The monoisotopic (exact) mass is 445 g/mol. The van der Waals surface area contributed by atoms with Gasteiger partial charge in [0.05, 0.1) is 31.2 Å². The Hall–Kier alpha value is -1.66. The van der Waals surface area contributed by atoms with E-state index in [1.54, 1.807) is 0 Å². The number of nitrogens with one attached hydrogen (secondary N) is 2. The molecule has 31 heavy (non-hydrogen) atoms. The number of aliphatic hydroxyl groups excluding tert-OH is 3. The molecule has 2 saturated heterocycles. The summed E-state index contributed by atoms with van der Waals surface area (Å²) >= 11 is 0. The van der Waals surface area contributed by atoms with Crippen molar-refractivity contribution in [1.82, 2.24) is 10.6 Å². The summed E-state index contributed by atoms with van der Waals surface area (Å²) < 4.78 is 22.1. The zero-order valence-corrected chi connectivity index (χ0v) is 17.2. The molecular weight excluding hydrogens is 416 g/mol. The van der Waals surface area contributed by atoms with Crippen LogP contribution in [0.15, 0.2) is 0 Å². The van der Waals surface area contributed by atoms with E-state index in [9.17, 15) is 30.0 Å². The summed E-state index contributed by atoms with van der Waals surface area (Å²) in [6.07, 6.45) is -4.80. The van der Waals surface area contributed by atoms with Crippen molar-refractivity contribution in [3.8, 4) is 12.3 Å². The molecule has 0 aromatic rings. The Balaban J connectivity index is 2.26. The highest BCUT2D eigenvalue weighted by atomic mass is 16.7. The van der Waals surface area contributed by atoms with Gasteiger partial charge in [0.15, 0.2) is 12.6 Å². The van der Waals surface area contributed by atoms with Gasteiger partial charge in [0.1, 0.15) is 36.8 Å². The van der Waals surface area contributed by atoms with Gasteiger partial charge < -0.3 is 59.6 Å². The van der Waals surface area contributed by atoms with Crippen LogP contribution in [0.5, 0.6) is 0 Å². The Morgan fingerprint density at radius 3 is 2.52 bits per heavy atom. The van der Waals surface area contributed by atoms with Gasteiger partial charge in [0.2, 0.25) is 0 Å². The molecule has 12 nitrogen and oxygen atoms in total. The molecule has 10 unspecified atom stereocenters. The molecule has 2 aliphatic heterocycles. The number of methoxy groups -OCH3 is 1. The summed E-state index contributed by atoms with van der Waals surface area (Å²) in [5, 5.41) is 48.6. The summed E-state index contributed by atoms with van der Waals surface area (Å²) in [7, 11) is 1.35. The first-order chi connectivity index (χ1) is 14.8. The van der Waals surface area contributed by atoms with Crippen molar-refractivity contribution in [2.24, 2.45) is 5.92 Å². The molecular formula is C19H29N2O10-. The van der Waals surface area contributed by atoms with Crippen LogP contribution in [0.2, 0.25) is 0 Å². The zero-order valence-electron chi connectivity index (χ0n) is 17.2. The minimum Gasteiger partial charge on any atom is -0.547 e. The van der Waals surface area contributed by atoms with E-state index in [0.29, 0.717) is 6.29 Å². The van der Waals surface area contributed by atoms with Crippen molar-refractivity contribution in [3.05, 3.63) is 0 Å². The first-order valence-corrected chi connectivity index (χ1v) is 9.82. The van der Waals surface area contributed by atoms with Gasteiger partial charge in [-0.15, -0.1) is 6.42 Å². The standard InChI is InChI=1S/C19H30N2O10/c1-4-5-20-8-10-13(24)16(11(21-6-7-22)18(28-3)29-10)31-19-14(25)12(23)9(2)15(30-19)17(26)27/h1,7,9-16,18-21,23-25H,5-6,8H2,2-3H3,(H,26,27)/p-1. The molecule has 0 radical (unpaired) electrons. The lowest BCUT2D eigenvalue weighted by Gasteiger charge is -2.48. The summed E-state index contributed by atoms with van der Waals surface area (Å²) in [6, 6.07) is -0.900. The molecule has 0 spiro atoms. The van der Waals surface area contributed by atoms with Crippen LogP contribution in [0, 0.1) is 18.3 Å². The van der Waals surface area contributed by atoms with Gasteiger partial charge in [-0.1, -0.05) is 12.8 Å². The summed E-state index contributed by atoms with van der Waals surface area (Å²) in [4.78, 5) is 22.2. The lowest BCUT2D eigenvalue weighted by molar-refractivity contribution is -0.358. The molecule has 2 fully saturated rings. The van der Waals surface area contributed by atoms with Gasteiger partial charge in [-0.05, 0) is 0 Å². The van der Waals surface area contributed by atoms with Crippen LogP contribution in [-0.2, 0) is 28.5 Å². The van der Waals surface area contributed by atoms with Gasteiger partial charge in [-0.2, -0.15) is 0 Å². The van der Waals surface area contributed by atoms with Crippen LogP contribution in [-0.4, -0.2) is 110 Å². The topological polar surface area (TPSA) is 179 Å². The Morgan fingerprint density at radius 2 is 1.94 bits per heavy atom. The maximum absolute atomic E-state index is 11.4. The fourth-order valence-corrected chi connectivity index (χ4v) is 3.67. The van der Waals surface area contributed by atoms with Crippen molar-refractivity contribution in [1.29, 1.82) is 0 Å². The van der Waals surface area contributed by atoms with E-state index >= 15 is 0 Å². The Labute approximate surface area is 179 Å². The SMILES string of the molecule is C#CCNCC1OC(OC)C(NCC=O)C(OC2OC(C(=O)[O-])C(C)C(O)C2O)C1O. The third-order valence-corrected chi connectivity index (χ3v) is 5.36. The number of carbonyl (C=O) groups is 2. The first-order valence-electron chi connectivity index (χ1n) is 9.82. The molecule has 2 heterocycles. The molecule has 12 heteroatoms. The van der Waals surface area contributed by atoms with Gasteiger partial charge in [-0.25, -0.2) is 0 Å². The number of rotatable bonds is 10. The number of carboxylic acid groups (broad SMARTS) is 1. The van der Waals surface area contributed by atoms with Gasteiger partial charge in [-0.3, -0.25) is 0 Å². The quantitative estimate of drug-likeness (QED) is 0.123. The van der Waals surface area contributed by atoms with Crippen LogP contribution >= 0.6 is 0 Å². The van der Waals surface area contributed by atoms with E-state index in [1.165, 1.54) is 14.0 Å². The third kappa shape index (κ3) is 5.98. The molecule has 0 saturated carbocycles. The third-order valence-electron chi connectivity index (χ3n) is 5.36. The van der Waals surface area contributed by atoms with Crippen LogP contribution in [0.1, 0.15) is 6.92 Å². The second-order valence-electron chi connectivity index (χ2n) is 7.39. The normalized spacial score (nSPS) is 40.8. The number of hydrogen-bond donors (Lipinski definition) is 5. The van der Waals surface area contributed by atoms with Crippen molar-refractivity contribution < 1.29 is 49.0 Å². The van der Waals surface area contributed by atoms with Crippen molar-refractivity contribution in [2.45, 2.75) is 62.2 Å². The van der Waals surface area contributed by atoms with Gasteiger partial charge in [0.25, 0.3) is 0 Å². The van der Waals surface area contributed by atoms with E-state index in [2.05, 4.69) is 16.6 Å². The minimum atomic E-state index is -1.61. The molecule has 2 aliphatic rings. The van der Waals surface area contributed by atoms with Gasteiger partial charge in [0, 0.05) is 19.6 Å². The highest BCUT2D eigenvalue weighted by Gasteiger charge is 2.50. The summed E-state index contributed by atoms with van der Waals surface area (Å²) in [5.74, 6) is -0.158. The Bertz CT molecular complexity index is 644. The molecule has 0 aliphatic carbocycles. The number of aliphatic carboxylic acids is 1. The van der Waals surface area contributed by atoms with E-state index in [0.717, 1.165) is 0 Å². The smallest absolute Gasteiger partial charge is 0.187 e.